The molecule has 0 spiro atoms. The summed E-state index contributed by atoms with van der Waals surface area (Å²) in [5.41, 5.74) is 2.68. The number of rotatable bonds is 6. The van der Waals surface area contributed by atoms with Crippen LogP contribution >= 0.6 is 0 Å². The quantitative estimate of drug-likeness (QED) is 0.697. The highest BCUT2D eigenvalue weighted by Gasteiger charge is 2.20. The van der Waals surface area contributed by atoms with Gasteiger partial charge in [0, 0.05) is 51.7 Å². The average molecular weight is 393 g/mol. The van der Waals surface area contributed by atoms with Gasteiger partial charge in [-0.1, -0.05) is 17.7 Å². The second-order valence-electron chi connectivity index (χ2n) is 7.62. The smallest absolute Gasteiger partial charge is 0.256 e. The molecule has 1 N–H and O–H groups in total. The lowest BCUT2D eigenvalue weighted by molar-refractivity contribution is 0.0941. The number of piperazine rings is 1. The number of carbonyl (C=O) groups excluding carboxylic acids is 1. The zero-order valence-electron chi connectivity index (χ0n) is 17.1. The Bertz CT molecular complexity index is 936. The van der Waals surface area contributed by atoms with Crippen LogP contribution in [-0.2, 0) is 0 Å². The van der Waals surface area contributed by atoms with E-state index in [1.807, 2.05) is 58.0 Å². The number of amides is 1. The molecular formula is C22H28N6O. The van der Waals surface area contributed by atoms with E-state index in [9.17, 15) is 4.79 Å². The van der Waals surface area contributed by atoms with E-state index in [1.165, 1.54) is 5.56 Å². The molecule has 152 valence electrons. The summed E-state index contributed by atoms with van der Waals surface area (Å²) in [4.78, 5) is 17.7. The molecule has 1 amide bonds. The van der Waals surface area contributed by atoms with Gasteiger partial charge in [-0.3, -0.25) is 9.69 Å². The second-order valence-corrected chi connectivity index (χ2v) is 7.62. The topological polar surface area (TPSA) is 58.3 Å². The maximum Gasteiger partial charge on any atom is 0.256 e. The average Bonchev–Trinajstić information content (AvgIpc) is 3.39. The molecule has 1 saturated heterocycles. The normalized spacial score (nSPS) is 15.5. The van der Waals surface area contributed by atoms with Gasteiger partial charge < -0.3 is 14.8 Å². The maximum absolute atomic E-state index is 12.9. The summed E-state index contributed by atoms with van der Waals surface area (Å²) in [7, 11) is 2.15. The summed E-state index contributed by atoms with van der Waals surface area (Å²) in [5.74, 6) is 0.650. The Morgan fingerprint density at radius 1 is 1.07 bits per heavy atom. The number of benzene rings is 1. The summed E-state index contributed by atoms with van der Waals surface area (Å²) >= 11 is 0. The van der Waals surface area contributed by atoms with Crippen molar-refractivity contribution < 1.29 is 4.79 Å². The zero-order valence-corrected chi connectivity index (χ0v) is 17.1. The van der Waals surface area contributed by atoms with Crippen LogP contribution in [0.5, 0.6) is 0 Å². The van der Waals surface area contributed by atoms with Crippen molar-refractivity contribution in [2.75, 3.05) is 46.3 Å². The molecule has 0 bridgehead atoms. The van der Waals surface area contributed by atoms with Crippen LogP contribution in [0.2, 0.25) is 0 Å². The Labute approximate surface area is 171 Å². The summed E-state index contributed by atoms with van der Waals surface area (Å²) in [6.45, 7) is 7.80. The second kappa shape index (κ2) is 8.63. The van der Waals surface area contributed by atoms with Gasteiger partial charge in [-0.25, -0.2) is 4.68 Å². The largest absolute Gasteiger partial charge is 0.351 e. The Kier molecular flexibility index (Phi) is 5.78. The van der Waals surface area contributed by atoms with Crippen LogP contribution in [0.3, 0.4) is 0 Å². The third-order valence-electron chi connectivity index (χ3n) is 5.43. The summed E-state index contributed by atoms with van der Waals surface area (Å²) in [5, 5.41) is 7.59. The molecule has 2 aromatic heterocycles. The fourth-order valence-electron chi connectivity index (χ4n) is 3.60. The fraction of sp³-hybridized carbons (Fsp3) is 0.364. The maximum atomic E-state index is 12.9. The molecule has 3 aromatic rings. The van der Waals surface area contributed by atoms with Gasteiger partial charge in [0.15, 0.2) is 5.82 Å². The number of aryl methyl sites for hydroxylation is 1. The highest BCUT2D eigenvalue weighted by molar-refractivity contribution is 5.97. The van der Waals surface area contributed by atoms with Crippen molar-refractivity contribution in [1.82, 2.24) is 29.5 Å². The first kappa shape index (κ1) is 19.4. The SMILES string of the molecule is Cc1ccc(-n2ncc(C(=O)NCCN3CCN(C)CC3)c2-n2cccc2)cc1. The van der Waals surface area contributed by atoms with Crippen molar-refractivity contribution in [1.29, 1.82) is 0 Å². The third-order valence-corrected chi connectivity index (χ3v) is 5.43. The van der Waals surface area contributed by atoms with Gasteiger partial charge in [-0.2, -0.15) is 5.10 Å². The minimum atomic E-state index is -0.0961. The van der Waals surface area contributed by atoms with Gasteiger partial charge in [-0.15, -0.1) is 0 Å². The molecule has 29 heavy (non-hydrogen) atoms. The Morgan fingerprint density at radius 3 is 2.45 bits per heavy atom. The van der Waals surface area contributed by atoms with Gasteiger partial charge in [0.05, 0.1) is 11.9 Å². The van der Waals surface area contributed by atoms with Gasteiger partial charge in [0.1, 0.15) is 5.56 Å². The van der Waals surface area contributed by atoms with E-state index in [0.717, 1.165) is 44.2 Å². The molecule has 4 rings (SSSR count). The number of aromatic nitrogens is 3. The van der Waals surface area contributed by atoms with Crippen LogP contribution < -0.4 is 5.32 Å². The van der Waals surface area contributed by atoms with Crippen molar-refractivity contribution in [3.63, 3.8) is 0 Å². The minimum absolute atomic E-state index is 0.0961. The highest BCUT2D eigenvalue weighted by atomic mass is 16.1. The molecule has 0 aliphatic carbocycles. The molecular weight excluding hydrogens is 364 g/mol. The number of carbonyl (C=O) groups is 1. The van der Waals surface area contributed by atoms with Crippen LogP contribution in [0.1, 0.15) is 15.9 Å². The van der Waals surface area contributed by atoms with Gasteiger partial charge in [0.25, 0.3) is 5.91 Å². The standard InChI is InChI=1S/C22H28N6O/c1-18-5-7-19(8-6-18)28-22(27-10-3-4-11-27)20(17-24-28)21(29)23-9-12-26-15-13-25(2)14-16-26/h3-8,10-11,17H,9,12-16H2,1-2H3,(H,23,29). The first-order valence-corrected chi connectivity index (χ1v) is 10.1. The van der Waals surface area contributed by atoms with E-state index < -0.39 is 0 Å². The molecule has 3 heterocycles. The Morgan fingerprint density at radius 2 is 1.76 bits per heavy atom. The van der Waals surface area contributed by atoms with Crippen LogP contribution in [-0.4, -0.2) is 76.4 Å². The predicted molar refractivity (Wildman–Crippen MR) is 114 cm³/mol. The predicted octanol–water partition coefficient (Wildman–Crippen LogP) is 1.95. The Balaban J connectivity index is 1.51. The lowest BCUT2D eigenvalue weighted by atomic mass is 10.2. The van der Waals surface area contributed by atoms with Crippen LogP contribution in [0, 0.1) is 6.92 Å². The summed E-state index contributed by atoms with van der Waals surface area (Å²) < 4.78 is 3.75. The molecule has 7 heteroatoms. The Hall–Kier alpha value is -2.90. The number of hydrogen-bond donors (Lipinski definition) is 1. The van der Waals surface area contributed by atoms with Crippen molar-refractivity contribution in [3.05, 3.63) is 66.1 Å². The van der Waals surface area contributed by atoms with Crippen molar-refractivity contribution in [3.8, 4) is 11.5 Å². The molecule has 1 aliphatic rings. The third kappa shape index (κ3) is 4.41. The molecule has 1 aromatic carbocycles. The van der Waals surface area contributed by atoms with E-state index in [2.05, 4.69) is 34.2 Å². The van der Waals surface area contributed by atoms with Gasteiger partial charge >= 0.3 is 0 Å². The lowest BCUT2D eigenvalue weighted by Gasteiger charge is -2.32. The van der Waals surface area contributed by atoms with Gasteiger partial charge in [0.2, 0.25) is 0 Å². The van der Waals surface area contributed by atoms with E-state index in [-0.39, 0.29) is 5.91 Å². The monoisotopic (exact) mass is 392 g/mol. The molecule has 0 unspecified atom stereocenters. The van der Waals surface area contributed by atoms with Crippen molar-refractivity contribution in [2.45, 2.75) is 6.92 Å². The van der Waals surface area contributed by atoms with E-state index in [4.69, 9.17) is 0 Å². The molecule has 0 radical (unpaired) electrons. The summed E-state index contributed by atoms with van der Waals surface area (Å²) in [6, 6.07) is 12.0. The number of hydrogen-bond acceptors (Lipinski definition) is 4. The molecule has 7 nitrogen and oxygen atoms in total. The number of nitrogens with zero attached hydrogens (tertiary/aromatic N) is 5. The van der Waals surface area contributed by atoms with E-state index in [0.29, 0.717) is 12.1 Å². The van der Waals surface area contributed by atoms with Crippen molar-refractivity contribution in [2.24, 2.45) is 0 Å². The molecule has 1 fully saturated rings. The van der Waals surface area contributed by atoms with E-state index in [1.54, 1.807) is 6.20 Å². The molecule has 1 aliphatic heterocycles. The molecule has 0 atom stereocenters. The zero-order chi connectivity index (χ0) is 20.2. The van der Waals surface area contributed by atoms with Gasteiger partial charge in [-0.05, 0) is 38.2 Å². The van der Waals surface area contributed by atoms with Crippen molar-refractivity contribution >= 4 is 5.91 Å². The van der Waals surface area contributed by atoms with E-state index >= 15 is 0 Å². The molecule has 0 saturated carbocycles. The number of likely N-dealkylation sites (N-methyl/N-ethyl adjacent to an activating group) is 1. The van der Waals surface area contributed by atoms with Crippen LogP contribution in [0.15, 0.2) is 55.0 Å². The number of nitrogens with one attached hydrogen (secondary N) is 1. The fourth-order valence-corrected chi connectivity index (χ4v) is 3.60. The van der Waals surface area contributed by atoms with Crippen LogP contribution in [0.25, 0.3) is 11.5 Å². The lowest BCUT2D eigenvalue weighted by Crippen LogP contribution is -2.46. The minimum Gasteiger partial charge on any atom is -0.351 e. The van der Waals surface area contributed by atoms with Crippen LogP contribution in [0.4, 0.5) is 0 Å². The first-order chi connectivity index (χ1) is 14.1. The highest BCUT2D eigenvalue weighted by Crippen LogP contribution is 2.20. The summed E-state index contributed by atoms with van der Waals surface area (Å²) in [6.07, 6.45) is 5.52. The first-order valence-electron chi connectivity index (χ1n) is 10.1.